The number of carboxylic acid groups (broad SMARTS) is 4. The highest BCUT2D eigenvalue weighted by atomic mass is 32.1. The monoisotopic (exact) mass is 1950 g/mol. The number of primary amides is 1. The lowest BCUT2D eigenvalue weighted by atomic mass is 9.96. The number of carboxylic acids is 4. The van der Waals surface area contributed by atoms with E-state index in [1.54, 1.807) is 49.5 Å². The molecule has 0 aliphatic carbocycles. The molecule has 17 amide bonds. The maximum atomic E-state index is 15.1. The number of rotatable bonds is 48. The molecule has 2 aromatic carbocycles. The van der Waals surface area contributed by atoms with Crippen molar-refractivity contribution in [1.82, 2.24) is 94.5 Å². The quantitative estimate of drug-likeness (QED) is 0.00827. The number of nitrogen functional groups attached to an aromatic ring is 1. The van der Waals surface area contributed by atoms with Crippen molar-refractivity contribution in [3.63, 3.8) is 0 Å². The number of fused-ring (bicyclic) bond motifs is 1. The zero-order valence-corrected chi connectivity index (χ0v) is 78.2. The average molecular weight is 1950 g/mol. The molecule has 756 valence electrons. The van der Waals surface area contributed by atoms with E-state index in [9.17, 15) is 121 Å². The van der Waals surface area contributed by atoms with Gasteiger partial charge in [-0.15, -0.1) is 0 Å². The lowest BCUT2D eigenvalue weighted by Crippen LogP contribution is -2.62. The molecule has 25 N–H and O–H groups in total. The standard InChI is InChI=1S/C87H128N20O29S/c1-8-9-10-11-12-13-15-28-65(111)97-55(35-49-42-92-53-26-20-18-23-50(49)53)80(128)100-56(37-64(89)110)81(129)102-59(40-73(122)123)82(130)105-75-48(4)136-87(135)60(36-63(109)51-24-17-19-25-52(51)88)103-86(134)74(46(2)34-70(116)117)104-83(131)61(45-108)98-68(114)43-93-77(125)57(38-71(118)119)99-76(124)47(3)95-79(127)58(39-72(120)121)101-78(126)54(96-67(113)44-94-85(75)133)27-22-30-90-66(112)41-62(84(132)91-31-32-106(5)6)107(7)69(115)29-16-14-21-33-137/h17-20,23-26,42,46-48,54-62,74-75,92,108,137H,8-16,21-22,27-41,43-45,88H2,1-7H3,(H2,89,110)(H,90,112)(H,91,132)(H,93,125)(H,94,133)(H,95,127)(H,96,113)(H,97,111)(H,98,114)(H,99,124)(H,100,128)(H,101,126)(H,102,129)(H,103,134)(H,104,131)(H,105,130)(H,116,117)(H,118,119)(H,120,121)(H,122,123)/t46?,47-,48-,54+,55+,56-,57+,58+,59+,60+,61-,62+,74+,75+/m1/s1. The molecule has 1 saturated heterocycles. The molecule has 1 fully saturated rings. The van der Waals surface area contributed by atoms with Crippen LogP contribution in [0.2, 0.25) is 0 Å². The van der Waals surface area contributed by atoms with Crippen molar-refractivity contribution in [1.29, 1.82) is 0 Å². The third kappa shape index (κ3) is 41.8. The van der Waals surface area contributed by atoms with E-state index in [1.165, 1.54) is 31.3 Å². The number of aromatic amines is 1. The molecule has 0 bridgehead atoms. The van der Waals surface area contributed by atoms with E-state index in [1.807, 2.05) is 16.0 Å². The number of nitrogens with one attached hydrogen (secondary N) is 16. The smallest absolute Gasteiger partial charge is 0.329 e. The molecular weight excluding hydrogens is 1820 g/mol. The topological polar surface area (TPSA) is 758 Å². The second-order valence-electron chi connectivity index (χ2n) is 33.2. The summed E-state index contributed by atoms with van der Waals surface area (Å²) in [6.07, 6.45) is -2.34. The van der Waals surface area contributed by atoms with Crippen LogP contribution in [0.15, 0.2) is 54.7 Å². The normalized spacial score (nSPS) is 19.8. The van der Waals surface area contributed by atoms with E-state index < -0.39 is 298 Å². The van der Waals surface area contributed by atoms with Crippen LogP contribution < -0.4 is 91.2 Å². The zero-order valence-electron chi connectivity index (χ0n) is 77.3. The van der Waals surface area contributed by atoms with Gasteiger partial charge >= 0.3 is 29.8 Å². The molecule has 3 aromatic rings. The number of para-hydroxylation sites is 2. The number of H-pyrrole nitrogens is 1. The molecule has 2 heterocycles. The first-order valence-electron chi connectivity index (χ1n) is 44.6. The number of ether oxygens (including phenoxy) is 1. The van der Waals surface area contributed by atoms with Gasteiger partial charge in [0.05, 0.1) is 58.2 Å². The number of cyclic esters (lactones) is 1. The Morgan fingerprint density at radius 3 is 1.70 bits per heavy atom. The van der Waals surface area contributed by atoms with Crippen LogP contribution in [0.1, 0.15) is 178 Å². The fourth-order valence-electron chi connectivity index (χ4n) is 14.0. The highest BCUT2D eigenvalue weighted by molar-refractivity contribution is 7.80. The van der Waals surface area contributed by atoms with E-state index >= 15 is 14.4 Å². The Morgan fingerprint density at radius 2 is 1.09 bits per heavy atom. The molecule has 1 aromatic heterocycles. The molecule has 137 heavy (non-hydrogen) atoms. The van der Waals surface area contributed by atoms with Gasteiger partial charge in [0.1, 0.15) is 78.6 Å². The number of aliphatic hydroxyl groups excluding tert-OH is 1. The molecular formula is C87H128N20O29S. The summed E-state index contributed by atoms with van der Waals surface area (Å²) >= 11 is 4.20. The van der Waals surface area contributed by atoms with Gasteiger partial charge in [-0.1, -0.05) is 89.1 Å². The van der Waals surface area contributed by atoms with Gasteiger partial charge in [0.25, 0.3) is 0 Å². The number of carbonyl (C=O) groups is 23. The number of benzene rings is 2. The summed E-state index contributed by atoms with van der Waals surface area (Å²) in [5.41, 5.74) is 12.4. The van der Waals surface area contributed by atoms with Gasteiger partial charge in [-0.05, 0) is 95.5 Å². The third-order valence-electron chi connectivity index (χ3n) is 21.6. The second kappa shape index (κ2) is 59.7. The second-order valence-corrected chi connectivity index (χ2v) is 33.6. The number of unbranched alkanes of at least 4 members (excludes halogenated alkanes) is 8. The van der Waals surface area contributed by atoms with E-state index in [0.717, 1.165) is 57.8 Å². The number of thiol groups is 1. The molecule has 1 aliphatic heterocycles. The minimum atomic E-state index is -2.54. The predicted molar refractivity (Wildman–Crippen MR) is 489 cm³/mol. The lowest BCUT2D eigenvalue weighted by Gasteiger charge is -2.30. The maximum absolute atomic E-state index is 15.1. The molecule has 0 saturated carbocycles. The van der Waals surface area contributed by atoms with Crippen LogP contribution in [-0.4, -0.2) is 321 Å². The molecule has 1 unspecified atom stereocenters. The van der Waals surface area contributed by atoms with E-state index in [2.05, 4.69) is 88.3 Å². The number of hydrogen-bond acceptors (Lipinski definition) is 28. The van der Waals surface area contributed by atoms with Crippen LogP contribution in [0.25, 0.3) is 10.9 Å². The van der Waals surface area contributed by atoms with Gasteiger partial charge in [-0.25, -0.2) is 4.79 Å². The number of Topliss-reactive ketones (excluding diaryl/α,β-unsaturated/α-hetero) is 1. The number of aliphatic carboxylic acids is 4. The number of carbonyl (C=O) groups excluding carboxylic acids is 19. The van der Waals surface area contributed by atoms with E-state index in [-0.39, 0.29) is 43.5 Å². The van der Waals surface area contributed by atoms with Gasteiger partial charge in [0.15, 0.2) is 5.78 Å². The summed E-state index contributed by atoms with van der Waals surface area (Å²) in [5.74, 6) is -32.3. The van der Waals surface area contributed by atoms with E-state index in [0.29, 0.717) is 60.9 Å². The number of likely N-dealkylation sites (N-methyl/N-ethyl adjacent to an activating group) is 2. The Morgan fingerprint density at radius 1 is 0.533 bits per heavy atom. The molecule has 50 heteroatoms. The fraction of sp³-hybridized carbons (Fsp3) is 0.575. The minimum absolute atomic E-state index is 0.00151. The van der Waals surface area contributed by atoms with Crippen molar-refractivity contribution in [3.8, 4) is 0 Å². The molecule has 14 atom stereocenters. The van der Waals surface area contributed by atoms with Gasteiger partial charge in [0.2, 0.25) is 100 Å². The molecule has 0 spiro atoms. The summed E-state index contributed by atoms with van der Waals surface area (Å²) in [6.45, 7) is 1.04. The Labute approximate surface area is 793 Å². The highest BCUT2D eigenvalue weighted by Gasteiger charge is 2.42. The summed E-state index contributed by atoms with van der Waals surface area (Å²) in [5, 5.41) is 84.7. The van der Waals surface area contributed by atoms with Crippen LogP contribution in [-0.2, 0) is 117 Å². The molecule has 4 rings (SSSR count). The zero-order chi connectivity index (χ0) is 102. The van der Waals surface area contributed by atoms with Crippen molar-refractivity contribution in [2.45, 2.75) is 248 Å². The summed E-state index contributed by atoms with van der Waals surface area (Å²) < 4.78 is 5.75. The Bertz CT molecular complexity index is 4760. The van der Waals surface area contributed by atoms with Gasteiger partial charge in [0, 0.05) is 80.7 Å². The number of amides is 17. The van der Waals surface area contributed by atoms with Crippen LogP contribution >= 0.6 is 12.6 Å². The van der Waals surface area contributed by atoms with Crippen molar-refractivity contribution in [3.05, 3.63) is 65.9 Å². The van der Waals surface area contributed by atoms with E-state index in [4.69, 9.17) is 16.2 Å². The summed E-state index contributed by atoms with van der Waals surface area (Å²) in [4.78, 5) is 325. The SMILES string of the molecule is CCCCCCCCCC(=O)N[C@@H](Cc1c[nH]c2ccccc12)C(=O)N[C@H](CC(N)=O)C(=O)N[C@@H](CC(=O)O)C(=O)N[C@@H]1C(=O)NCC(=O)N[C@@H](CCCNC(=O)C[C@@H](C(=O)NCCN(C)C)N(C)C(=O)CCCCCS)C(=O)N[C@@H](CC(=O)O)C(=O)N[C@H](C)C(=O)N[C@@H](CC(=O)O)C(=O)NCC(=O)N[C@H](CO)C(=O)N[C@@H](C(C)CC(=O)O)C(=O)N[C@@H](CC(=O)c2ccccc2N)C(=O)O[C@@H]1C. The Kier molecular flexibility index (Phi) is 50.3. The van der Waals surface area contributed by atoms with Crippen molar-refractivity contribution in [2.75, 3.05) is 72.0 Å². The number of nitrogens with zero attached hydrogens (tertiary/aromatic N) is 2. The largest absolute Gasteiger partial charge is 0.481 e. The summed E-state index contributed by atoms with van der Waals surface area (Å²) in [7, 11) is 4.79. The van der Waals surface area contributed by atoms with Crippen LogP contribution in [0, 0.1) is 5.92 Å². The number of ketones is 1. The fourth-order valence-corrected chi connectivity index (χ4v) is 14.3. The van der Waals surface area contributed by atoms with Gasteiger partial charge in [-0.3, -0.25) is 105 Å². The average Bonchev–Trinajstić information content (AvgIpc) is 1.67. The van der Waals surface area contributed by atoms with Crippen LogP contribution in [0.4, 0.5) is 5.69 Å². The first-order valence-corrected chi connectivity index (χ1v) is 45.2. The number of hydrogen-bond donors (Lipinski definition) is 24. The maximum Gasteiger partial charge on any atom is 0.329 e. The lowest BCUT2D eigenvalue weighted by molar-refractivity contribution is -0.156. The highest BCUT2D eigenvalue weighted by Crippen LogP contribution is 2.22. The van der Waals surface area contributed by atoms with Crippen molar-refractivity contribution >= 4 is 165 Å². The van der Waals surface area contributed by atoms with Gasteiger partial charge < -0.3 is 136 Å². The molecule has 0 radical (unpaired) electrons. The Hall–Kier alpha value is -13.9. The third-order valence-corrected chi connectivity index (χ3v) is 21.9. The molecule has 49 nitrogen and oxygen atoms in total. The molecule has 1 aliphatic rings. The first kappa shape index (κ1) is 115. The number of nitrogens with two attached hydrogens (primary N) is 2. The minimum Gasteiger partial charge on any atom is -0.481 e. The summed E-state index contributed by atoms with van der Waals surface area (Å²) in [6, 6.07) is -12.9. The number of anilines is 1. The van der Waals surface area contributed by atoms with Gasteiger partial charge in [-0.2, -0.15) is 12.6 Å². The van der Waals surface area contributed by atoms with Crippen LogP contribution in [0.3, 0.4) is 0 Å². The Balaban J connectivity index is 1.95. The first-order chi connectivity index (χ1) is 64.8. The van der Waals surface area contributed by atoms with Crippen molar-refractivity contribution in [2.24, 2.45) is 11.7 Å². The van der Waals surface area contributed by atoms with Crippen LogP contribution in [0.5, 0.6) is 0 Å². The number of aromatic nitrogens is 1. The number of esters is 1. The predicted octanol–water partition coefficient (Wildman–Crippen LogP) is -5.08. The number of aliphatic hydroxyl groups is 1. The van der Waals surface area contributed by atoms with Crippen molar-refractivity contribution < 1.29 is 141 Å².